The molecule has 1 aliphatic heterocycles. The number of aliphatic imine (C=N–C) groups is 1. The summed E-state index contributed by atoms with van der Waals surface area (Å²) < 4.78 is 1.18. The molecule has 108 valence electrons. The number of thiophene rings is 1. The Morgan fingerprint density at radius 2 is 2.37 bits per heavy atom. The fourth-order valence-electron chi connectivity index (χ4n) is 2.33. The molecule has 19 heavy (non-hydrogen) atoms. The van der Waals surface area contributed by atoms with E-state index in [1.807, 2.05) is 7.05 Å². The van der Waals surface area contributed by atoms with E-state index in [1.165, 1.54) is 21.5 Å². The van der Waals surface area contributed by atoms with Crippen molar-refractivity contribution in [2.24, 2.45) is 10.9 Å². The van der Waals surface area contributed by atoms with Gasteiger partial charge in [-0.15, -0.1) is 35.3 Å². The molecule has 2 heterocycles. The summed E-state index contributed by atoms with van der Waals surface area (Å²) in [5, 5.41) is 3.45. The second-order valence-corrected chi connectivity index (χ2v) is 7.35. The molecule has 1 unspecified atom stereocenters. The van der Waals surface area contributed by atoms with Gasteiger partial charge in [-0.1, -0.05) is 6.92 Å². The molecule has 0 saturated carbocycles. The predicted molar refractivity (Wildman–Crippen MR) is 97.6 cm³/mol. The number of piperidine rings is 1. The summed E-state index contributed by atoms with van der Waals surface area (Å²) in [5.41, 5.74) is 0. The molecule has 2 rings (SSSR count). The van der Waals surface area contributed by atoms with E-state index in [4.69, 9.17) is 0 Å². The first-order valence-electron chi connectivity index (χ1n) is 6.39. The third-order valence-electron chi connectivity index (χ3n) is 3.22. The van der Waals surface area contributed by atoms with E-state index in [-0.39, 0.29) is 24.0 Å². The van der Waals surface area contributed by atoms with Gasteiger partial charge in [0, 0.05) is 25.0 Å². The van der Waals surface area contributed by atoms with E-state index in [2.05, 4.69) is 50.2 Å². The van der Waals surface area contributed by atoms with Crippen molar-refractivity contribution in [2.75, 3.05) is 20.1 Å². The number of halogens is 2. The first-order chi connectivity index (χ1) is 8.69. The zero-order valence-corrected chi connectivity index (χ0v) is 16.1. The van der Waals surface area contributed by atoms with Gasteiger partial charge in [0.05, 0.1) is 10.3 Å². The summed E-state index contributed by atoms with van der Waals surface area (Å²) in [6.45, 7) is 5.41. The van der Waals surface area contributed by atoms with E-state index in [0.717, 1.165) is 31.5 Å². The lowest BCUT2D eigenvalue weighted by Crippen LogP contribution is -2.45. The van der Waals surface area contributed by atoms with Crippen LogP contribution >= 0.6 is 51.2 Å². The lowest BCUT2D eigenvalue weighted by Gasteiger charge is -2.33. The highest BCUT2D eigenvalue weighted by Crippen LogP contribution is 2.22. The van der Waals surface area contributed by atoms with E-state index in [0.29, 0.717) is 0 Å². The molecule has 6 heteroatoms. The summed E-state index contributed by atoms with van der Waals surface area (Å²) in [6, 6.07) is 4.24. The van der Waals surface area contributed by atoms with Gasteiger partial charge in [-0.2, -0.15) is 0 Å². The van der Waals surface area contributed by atoms with Gasteiger partial charge in [-0.25, -0.2) is 0 Å². The highest BCUT2D eigenvalue weighted by Gasteiger charge is 2.18. The van der Waals surface area contributed by atoms with Crippen molar-refractivity contribution >= 4 is 57.2 Å². The molecule has 0 radical (unpaired) electrons. The van der Waals surface area contributed by atoms with Crippen LogP contribution in [0.3, 0.4) is 0 Å². The second-order valence-electron chi connectivity index (χ2n) is 4.80. The molecule has 0 aliphatic carbocycles. The third-order valence-corrected chi connectivity index (χ3v) is 4.84. The highest BCUT2D eigenvalue weighted by molar-refractivity contribution is 14.0. The molecule has 1 atom stereocenters. The van der Waals surface area contributed by atoms with Crippen LogP contribution in [0.1, 0.15) is 24.6 Å². The second kappa shape index (κ2) is 8.46. The molecule has 0 amide bonds. The zero-order chi connectivity index (χ0) is 13.0. The maximum Gasteiger partial charge on any atom is 0.193 e. The molecule has 0 bridgehead atoms. The van der Waals surface area contributed by atoms with Crippen molar-refractivity contribution < 1.29 is 0 Å². The number of rotatable bonds is 2. The lowest BCUT2D eigenvalue weighted by atomic mass is 10.0. The maximum absolute atomic E-state index is 4.39. The summed E-state index contributed by atoms with van der Waals surface area (Å²) >= 11 is 5.26. The SMILES string of the molecule is CN=C(NCc1ccc(Br)s1)N1CCCC(C)C1.I. The molecular weight excluding hydrogens is 437 g/mol. The van der Waals surface area contributed by atoms with Crippen LogP contribution in [0.25, 0.3) is 0 Å². The van der Waals surface area contributed by atoms with Crippen LogP contribution in [-0.2, 0) is 6.54 Å². The van der Waals surface area contributed by atoms with Gasteiger partial charge >= 0.3 is 0 Å². The molecule has 0 spiro atoms. The average Bonchev–Trinajstić information content (AvgIpc) is 2.76. The van der Waals surface area contributed by atoms with E-state index >= 15 is 0 Å². The Morgan fingerprint density at radius 1 is 1.58 bits per heavy atom. The molecule has 1 saturated heterocycles. The van der Waals surface area contributed by atoms with Gasteiger partial charge in [0.2, 0.25) is 0 Å². The first kappa shape index (κ1) is 17.2. The van der Waals surface area contributed by atoms with Crippen LogP contribution in [0.2, 0.25) is 0 Å². The van der Waals surface area contributed by atoms with Crippen LogP contribution in [-0.4, -0.2) is 31.0 Å². The molecule has 1 aromatic rings. The van der Waals surface area contributed by atoms with Crippen molar-refractivity contribution in [2.45, 2.75) is 26.3 Å². The molecule has 1 fully saturated rings. The van der Waals surface area contributed by atoms with E-state index in [9.17, 15) is 0 Å². The zero-order valence-electron chi connectivity index (χ0n) is 11.4. The van der Waals surface area contributed by atoms with Crippen molar-refractivity contribution in [3.63, 3.8) is 0 Å². The Morgan fingerprint density at radius 3 is 2.95 bits per heavy atom. The fourth-order valence-corrected chi connectivity index (χ4v) is 3.75. The van der Waals surface area contributed by atoms with Gasteiger partial charge in [-0.05, 0) is 46.8 Å². The lowest BCUT2D eigenvalue weighted by molar-refractivity contribution is 0.266. The Hall–Kier alpha value is 0.180. The van der Waals surface area contributed by atoms with Gasteiger partial charge in [0.25, 0.3) is 0 Å². The molecule has 1 N–H and O–H groups in total. The van der Waals surface area contributed by atoms with Crippen LogP contribution in [0.15, 0.2) is 20.9 Å². The summed E-state index contributed by atoms with van der Waals surface area (Å²) in [4.78, 5) is 8.09. The van der Waals surface area contributed by atoms with Crippen LogP contribution in [0.5, 0.6) is 0 Å². The molecule has 0 aromatic carbocycles. The Kier molecular flexibility index (Phi) is 7.68. The molecule has 1 aliphatic rings. The Bertz CT molecular complexity index is 422. The number of guanidine groups is 1. The number of nitrogens with zero attached hydrogens (tertiary/aromatic N) is 2. The van der Waals surface area contributed by atoms with Crippen LogP contribution in [0.4, 0.5) is 0 Å². The number of likely N-dealkylation sites (tertiary alicyclic amines) is 1. The number of nitrogens with one attached hydrogen (secondary N) is 1. The highest BCUT2D eigenvalue weighted by atomic mass is 127. The summed E-state index contributed by atoms with van der Waals surface area (Å²) in [6.07, 6.45) is 2.61. The predicted octanol–water partition coefficient (Wildman–Crippen LogP) is 3.94. The van der Waals surface area contributed by atoms with Crippen molar-refractivity contribution in [3.05, 3.63) is 20.8 Å². The normalized spacial score (nSPS) is 20.1. The number of hydrogen-bond donors (Lipinski definition) is 1. The Labute approximate surface area is 145 Å². The molecule has 3 nitrogen and oxygen atoms in total. The van der Waals surface area contributed by atoms with Gasteiger partial charge in [0.1, 0.15) is 0 Å². The van der Waals surface area contributed by atoms with Gasteiger partial charge < -0.3 is 10.2 Å². The summed E-state index contributed by atoms with van der Waals surface area (Å²) in [5.74, 6) is 1.80. The topological polar surface area (TPSA) is 27.6 Å². The van der Waals surface area contributed by atoms with Crippen molar-refractivity contribution in [1.82, 2.24) is 10.2 Å². The quantitative estimate of drug-likeness (QED) is 0.413. The van der Waals surface area contributed by atoms with Crippen molar-refractivity contribution in [3.8, 4) is 0 Å². The minimum Gasteiger partial charge on any atom is -0.351 e. The van der Waals surface area contributed by atoms with Crippen LogP contribution < -0.4 is 5.32 Å². The minimum absolute atomic E-state index is 0. The van der Waals surface area contributed by atoms with Gasteiger partial charge in [0.15, 0.2) is 5.96 Å². The van der Waals surface area contributed by atoms with Crippen LogP contribution in [0, 0.1) is 5.92 Å². The third kappa shape index (κ3) is 5.23. The minimum atomic E-state index is 0. The molecular formula is C13H21BrIN3S. The van der Waals surface area contributed by atoms with E-state index in [1.54, 1.807) is 11.3 Å². The largest absolute Gasteiger partial charge is 0.351 e. The standard InChI is InChI=1S/C13H20BrN3S.HI/c1-10-4-3-7-17(9-10)13(15-2)16-8-11-5-6-12(14)18-11;/h5-6,10H,3-4,7-9H2,1-2H3,(H,15,16);1H. The Balaban J connectivity index is 0.00000180. The summed E-state index contributed by atoms with van der Waals surface area (Å²) in [7, 11) is 1.87. The smallest absolute Gasteiger partial charge is 0.193 e. The van der Waals surface area contributed by atoms with Gasteiger partial charge in [-0.3, -0.25) is 4.99 Å². The monoisotopic (exact) mass is 457 g/mol. The van der Waals surface area contributed by atoms with Crippen molar-refractivity contribution in [1.29, 1.82) is 0 Å². The first-order valence-corrected chi connectivity index (χ1v) is 8.00. The maximum atomic E-state index is 4.39. The van der Waals surface area contributed by atoms with E-state index < -0.39 is 0 Å². The number of hydrogen-bond acceptors (Lipinski definition) is 2. The molecule has 1 aromatic heterocycles. The average molecular weight is 458 g/mol. The fraction of sp³-hybridized carbons (Fsp3) is 0.615.